The summed E-state index contributed by atoms with van der Waals surface area (Å²) < 4.78 is 0. The van der Waals surface area contributed by atoms with Gasteiger partial charge in [0.1, 0.15) is 90.3 Å². The van der Waals surface area contributed by atoms with Crippen molar-refractivity contribution in [3.8, 4) is 5.75 Å². The fourth-order valence-corrected chi connectivity index (χ4v) is 15.9. The molecule has 0 saturated carbocycles. The molecule has 22 N–H and O–H groups in total. The van der Waals surface area contributed by atoms with Crippen LogP contribution in [0.2, 0.25) is 0 Å². The van der Waals surface area contributed by atoms with Crippen molar-refractivity contribution in [3.63, 3.8) is 0 Å². The topological polar surface area (TPSA) is 617 Å². The lowest BCUT2D eigenvalue weighted by Crippen LogP contribution is -2.61. The number of aromatic hydroxyl groups is 1. The van der Waals surface area contributed by atoms with E-state index in [1.807, 2.05) is 0 Å². The summed E-state index contributed by atoms with van der Waals surface area (Å²) in [6.45, 7) is 0.592. The van der Waals surface area contributed by atoms with E-state index in [0.717, 1.165) is 36.3 Å². The molecule has 2 aromatic heterocycles. The number of carbonyl (C=O) groups excluding carboxylic acids is 17. The highest BCUT2D eigenvalue weighted by Crippen LogP contribution is 2.27. The van der Waals surface area contributed by atoms with Gasteiger partial charge in [-0.05, 0) is 113 Å². The number of nitrogens with one attached hydrogen (secondary N) is 12. The Morgan fingerprint density at radius 3 is 1.52 bits per heavy atom. The highest BCUT2D eigenvalue weighted by molar-refractivity contribution is 8.00. The summed E-state index contributed by atoms with van der Waals surface area (Å²) >= 11 is 0.769. The molecule has 5 aromatic rings. The fourth-order valence-electron chi connectivity index (χ4n) is 15.0. The molecule has 3 aliphatic heterocycles. The van der Waals surface area contributed by atoms with Crippen molar-refractivity contribution < 1.29 is 102 Å². The second-order valence-corrected chi connectivity index (χ2v) is 32.1. The van der Waals surface area contributed by atoms with Crippen molar-refractivity contribution in [1.82, 2.24) is 87.6 Å². The van der Waals surface area contributed by atoms with Gasteiger partial charge in [-0.3, -0.25) is 81.5 Å². The van der Waals surface area contributed by atoms with Crippen LogP contribution in [0.25, 0.3) is 21.8 Å². The van der Waals surface area contributed by atoms with Crippen LogP contribution in [0.15, 0.2) is 85.2 Å². The van der Waals surface area contributed by atoms with Crippen molar-refractivity contribution in [2.45, 2.75) is 195 Å². The molecule has 42 heteroatoms. The first kappa shape index (κ1) is 97.2. The third-order valence-corrected chi connectivity index (χ3v) is 23.3. The Labute approximate surface area is 719 Å². The number of nitrogens with zero attached hydrogens (tertiary/aromatic N) is 5. The first-order valence-corrected chi connectivity index (χ1v) is 42.2. The first-order valence-electron chi connectivity index (χ1n) is 41.1. The highest BCUT2D eigenvalue weighted by Gasteiger charge is 2.45. The lowest BCUT2D eigenvalue weighted by molar-refractivity contribution is -0.148. The number of hydrogen-bond donors (Lipinski definition) is 19. The predicted molar refractivity (Wildman–Crippen MR) is 451 cm³/mol. The number of nitrogens with two attached hydrogens (primary N) is 3. The Hall–Kier alpha value is -12.3. The largest absolute Gasteiger partial charge is 0.508 e. The normalized spacial score (nSPS) is 25.3. The smallest absolute Gasteiger partial charge is 0.246 e. The molecule has 124 heavy (non-hydrogen) atoms. The van der Waals surface area contributed by atoms with E-state index in [-0.39, 0.29) is 89.6 Å². The van der Waals surface area contributed by atoms with Crippen LogP contribution in [0.3, 0.4) is 0 Å². The second-order valence-electron chi connectivity index (χ2n) is 31.0. The van der Waals surface area contributed by atoms with Crippen LogP contribution < -0.4 is 70.4 Å². The fraction of sp³-hybridized carbons (Fsp3) is 0.524. The summed E-state index contributed by atoms with van der Waals surface area (Å²) in [4.78, 5) is 256. The highest BCUT2D eigenvalue weighted by atomic mass is 32.2. The zero-order chi connectivity index (χ0) is 90.8. The number of hydrogen-bond acceptors (Lipinski definition) is 23. The van der Waals surface area contributed by atoms with Crippen LogP contribution in [0.5, 0.6) is 5.75 Å². The van der Waals surface area contributed by atoms with Gasteiger partial charge in [0.25, 0.3) is 0 Å². The molecule has 3 fully saturated rings. The number of aliphatic hydroxyl groups excluding tert-OH is 3. The number of primary amides is 2. The van der Waals surface area contributed by atoms with Crippen molar-refractivity contribution in [3.05, 3.63) is 102 Å². The monoisotopic (exact) mass is 1750 g/mol. The van der Waals surface area contributed by atoms with Gasteiger partial charge in [0.05, 0.1) is 31.9 Å². The van der Waals surface area contributed by atoms with E-state index in [1.54, 1.807) is 67.8 Å². The van der Waals surface area contributed by atoms with E-state index in [0.29, 0.717) is 51.3 Å². The Bertz CT molecular complexity index is 4680. The van der Waals surface area contributed by atoms with Crippen LogP contribution in [-0.2, 0) is 101 Å². The van der Waals surface area contributed by atoms with E-state index in [4.69, 9.17) is 17.2 Å². The molecule has 0 bridgehead atoms. The van der Waals surface area contributed by atoms with E-state index in [2.05, 4.69) is 63.1 Å². The minimum Gasteiger partial charge on any atom is -0.508 e. The molecule has 0 unspecified atom stereocenters. The number of rotatable bonds is 21. The van der Waals surface area contributed by atoms with E-state index in [1.165, 1.54) is 59.3 Å². The van der Waals surface area contributed by atoms with Gasteiger partial charge in [0.15, 0.2) is 0 Å². The number of aromatic amines is 2. The molecule has 0 radical (unpaired) electrons. The number of phenolic OH excluding ortho intramolecular Hbond substituents is 1. The number of unbranched alkanes of at least 4 members (excludes halogenated alkanes) is 1. The predicted octanol–water partition coefficient (Wildman–Crippen LogP) is -5.23. The van der Waals surface area contributed by atoms with Gasteiger partial charge in [-0.15, -0.1) is 11.8 Å². The summed E-state index contributed by atoms with van der Waals surface area (Å²) in [5.41, 5.74) is 19.6. The molecular formula is C82H114N20O21S. The number of likely N-dealkylation sites (N-methyl/N-ethyl adjacent to an activating group) is 3. The number of phenols is 1. The van der Waals surface area contributed by atoms with E-state index >= 15 is 9.59 Å². The Morgan fingerprint density at radius 1 is 0.492 bits per heavy atom. The van der Waals surface area contributed by atoms with Gasteiger partial charge in [-0.25, -0.2) is 0 Å². The Kier molecular flexibility index (Phi) is 36.3. The average molecular weight is 1750 g/mol. The second kappa shape index (κ2) is 46.3. The number of aromatic nitrogens is 2. The van der Waals surface area contributed by atoms with Crippen molar-refractivity contribution in [1.29, 1.82) is 0 Å². The van der Waals surface area contributed by atoms with Crippen LogP contribution in [-0.4, -0.2) is 319 Å². The number of benzene rings is 3. The number of amides is 17. The maximum atomic E-state index is 15.1. The van der Waals surface area contributed by atoms with Gasteiger partial charge in [0.2, 0.25) is 100 Å². The van der Waals surface area contributed by atoms with Crippen molar-refractivity contribution in [2.24, 2.45) is 17.2 Å². The zero-order valence-corrected chi connectivity index (χ0v) is 70.9. The van der Waals surface area contributed by atoms with Crippen LogP contribution in [0.1, 0.15) is 108 Å². The van der Waals surface area contributed by atoms with E-state index in [9.17, 15) is 92.3 Å². The third kappa shape index (κ3) is 25.9. The van der Waals surface area contributed by atoms with Gasteiger partial charge in [0, 0.05) is 100 Å². The molecule has 8 rings (SSSR count). The first-order chi connectivity index (χ1) is 59.1. The summed E-state index contributed by atoms with van der Waals surface area (Å²) in [6, 6.07) is -2.35. The Morgan fingerprint density at radius 2 is 0.976 bits per heavy atom. The molecule has 3 aromatic carbocycles. The molecule has 3 saturated heterocycles. The number of thioether (sulfide) groups is 1. The maximum Gasteiger partial charge on any atom is 0.246 e. The minimum atomic E-state index is -1.86. The zero-order valence-electron chi connectivity index (χ0n) is 70.0. The molecule has 5 heterocycles. The number of H-pyrrole nitrogens is 2. The molecular weight excluding hydrogens is 1630 g/mol. The van der Waals surface area contributed by atoms with Crippen LogP contribution >= 0.6 is 11.8 Å². The Balaban J connectivity index is 1.14. The average Bonchev–Trinajstić information content (AvgIpc) is 1.67. The number of fused-ring (bicyclic) bond motifs is 4. The molecule has 14 atom stereocenters. The lowest BCUT2D eigenvalue weighted by Gasteiger charge is -2.34. The van der Waals surface area contributed by atoms with Crippen molar-refractivity contribution in [2.75, 3.05) is 78.6 Å². The molecule has 0 spiro atoms. The van der Waals surface area contributed by atoms with Gasteiger partial charge in [-0.2, -0.15) is 0 Å². The summed E-state index contributed by atoms with van der Waals surface area (Å²) in [7, 11) is 3.78. The summed E-state index contributed by atoms with van der Waals surface area (Å²) in [6.07, 6.45) is 2.04. The molecule has 17 amide bonds. The third-order valence-electron chi connectivity index (χ3n) is 22.3. The standard InChI is InChI=1S/C82H114N20O21S/c1-7-8-21-63-75(116)94-59(36-66(84)107)82(123)102-31-15-23-65(102)77(118)96-61(41-105)73(114)91-55(28-32-103)81(122)101-30-14-22-64(101)76(117)92-56(34-47-37-86-52-18-11-9-16-50(47)52)72(113)95-60(40-104)74(115)93-58(35-48-38-87-53-19-12-10-17-51(48)53)79(120)99(5)45(3)78(119)98(4)44(2)69(110)90-54(20-13-29-83)71(112)97-62(70(111)88-39-67(85)108)42-124-43-68(109)89-57(80(121)100(63)6)33-46-24-26-49(106)27-25-46/h9-12,16-19,24-27,37-38,44-45,54-65,86-87,103-106H,7-8,13-15,20-23,28-36,39-43,83H2,1-6H3,(H2,84,107)(H2,85,108)(H,88,111)(H,89,109)(H,90,110)(H,91,114)(H,92,117)(H,93,115)(H,94,116)(H,95,113)(H,96,118)(H,97,112)/t44-,45-,54-,55-,56-,57-,58-,59+,60-,61-,62-,63-,64-,65-/m0/s1. The van der Waals surface area contributed by atoms with Gasteiger partial charge < -0.3 is 125 Å². The maximum absolute atomic E-state index is 15.1. The number of aliphatic hydroxyl groups is 3. The number of carbonyl (C=O) groups is 17. The molecule has 41 nitrogen and oxygen atoms in total. The van der Waals surface area contributed by atoms with Gasteiger partial charge in [-0.1, -0.05) is 68.3 Å². The lowest BCUT2D eigenvalue weighted by atomic mass is 10.0. The quantitative estimate of drug-likeness (QED) is 0.0326. The molecule has 3 aliphatic rings. The van der Waals surface area contributed by atoms with Crippen molar-refractivity contribution >= 4 is 134 Å². The SMILES string of the molecule is CCCC[C@H]1C(=O)N[C@H](CC(N)=O)C(=O)N2CCC[C@H]2C(=O)N[C@@H](CO)C(=O)N[C@@H](CCO)C(=O)N2CCC[C@H]2C(=O)N[C@@H](Cc2c[nH]c3ccccc23)C(=O)N[C@@H](CO)C(=O)N[C@@H](Cc2c[nH]c3ccccc23)C(=O)N(C)[C@@H](C)C(=O)N(C)[C@@H](C)C(=O)N[C@@H](CCCN)C(=O)N[C@H](C(=O)NCC(N)=O)CSCC(=O)N[C@@H](Cc2ccc(O)cc2)C(=O)N1C. The molecule has 674 valence electrons. The van der Waals surface area contributed by atoms with Gasteiger partial charge >= 0.3 is 0 Å². The van der Waals surface area contributed by atoms with Crippen LogP contribution in [0, 0.1) is 0 Å². The van der Waals surface area contributed by atoms with E-state index < -0.39 is 236 Å². The minimum absolute atomic E-state index is 0.00139. The summed E-state index contributed by atoms with van der Waals surface area (Å²) in [5.74, 6) is -17.5. The van der Waals surface area contributed by atoms with Crippen LogP contribution in [0.4, 0.5) is 0 Å². The summed E-state index contributed by atoms with van der Waals surface area (Å²) in [5, 5.41) is 69.0. The number of para-hydroxylation sites is 2. The molecule has 0 aliphatic carbocycles.